The normalized spacial score (nSPS) is 12.2. The van der Waals surface area contributed by atoms with Crippen molar-refractivity contribution >= 4 is 15.9 Å². The molecular weight excluding hydrogens is 304 g/mol. The Morgan fingerprint density at radius 3 is 2.63 bits per heavy atom. The van der Waals surface area contributed by atoms with Gasteiger partial charge < -0.3 is 9.84 Å². The van der Waals surface area contributed by atoms with Crippen LogP contribution in [0, 0.1) is 0 Å². The van der Waals surface area contributed by atoms with Gasteiger partial charge in [-0.1, -0.05) is 40.2 Å². The van der Waals surface area contributed by atoms with Crippen molar-refractivity contribution in [2.45, 2.75) is 12.3 Å². The van der Waals surface area contributed by atoms with Crippen molar-refractivity contribution in [2.24, 2.45) is 0 Å². The van der Waals surface area contributed by atoms with E-state index >= 15 is 0 Å². The molecule has 1 N–H and O–H groups in total. The second kappa shape index (κ2) is 6.73. The lowest BCUT2D eigenvalue weighted by atomic mass is 9.93. The van der Waals surface area contributed by atoms with Crippen LogP contribution in [-0.4, -0.2) is 18.8 Å². The highest BCUT2D eigenvalue weighted by atomic mass is 79.9. The first kappa shape index (κ1) is 14.1. The van der Waals surface area contributed by atoms with E-state index in [1.807, 2.05) is 36.4 Å². The molecule has 1 unspecified atom stereocenters. The fraction of sp³-hybridized carbons (Fsp3) is 0.250. The Bertz CT molecular complexity index is 540. The fourth-order valence-electron chi connectivity index (χ4n) is 2.13. The summed E-state index contributed by atoms with van der Waals surface area (Å²) in [6.07, 6.45) is 0.796. The number of aliphatic hydroxyl groups is 1. The number of halogens is 1. The predicted molar refractivity (Wildman–Crippen MR) is 80.7 cm³/mol. The van der Waals surface area contributed by atoms with E-state index in [0.29, 0.717) is 0 Å². The van der Waals surface area contributed by atoms with E-state index in [1.54, 1.807) is 7.11 Å². The molecule has 0 saturated carbocycles. The highest BCUT2D eigenvalue weighted by molar-refractivity contribution is 9.10. The van der Waals surface area contributed by atoms with Gasteiger partial charge in [0.15, 0.2) is 0 Å². The highest BCUT2D eigenvalue weighted by Gasteiger charge is 2.12. The number of hydrogen-bond donors (Lipinski definition) is 1. The fourth-order valence-corrected chi connectivity index (χ4v) is 2.55. The van der Waals surface area contributed by atoms with Crippen molar-refractivity contribution in [2.75, 3.05) is 13.7 Å². The SMILES string of the molecule is COc1cccc(CC(CO)c2cccc(Br)c2)c1. The molecule has 2 nitrogen and oxygen atoms in total. The second-order valence-corrected chi connectivity index (χ2v) is 5.41. The summed E-state index contributed by atoms with van der Waals surface area (Å²) in [4.78, 5) is 0. The van der Waals surface area contributed by atoms with Gasteiger partial charge in [0.1, 0.15) is 5.75 Å². The van der Waals surface area contributed by atoms with Gasteiger partial charge in [0.2, 0.25) is 0 Å². The maximum atomic E-state index is 9.61. The van der Waals surface area contributed by atoms with Crippen LogP contribution in [0.15, 0.2) is 53.0 Å². The Morgan fingerprint density at radius 2 is 1.95 bits per heavy atom. The number of benzene rings is 2. The molecule has 1 atom stereocenters. The maximum Gasteiger partial charge on any atom is 0.119 e. The Labute approximate surface area is 122 Å². The Hall–Kier alpha value is -1.32. The minimum absolute atomic E-state index is 0.101. The van der Waals surface area contributed by atoms with Crippen LogP contribution in [0.4, 0.5) is 0 Å². The van der Waals surface area contributed by atoms with Crippen molar-refractivity contribution < 1.29 is 9.84 Å². The van der Waals surface area contributed by atoms with Crippen LogP contribution in [0.3, 0.4) is 0 Å². The third kappa shape index (κ3) is 3.82. The molecule has 0 amide bonds. The maximum absolute atomic E-state index is 9.61. The first-order valence-electron chi connectivity index (χ1n) is 6.22. The van der Waals surface area contributed by atoms with Crippen molar-refractivity contribution in [1.82, 2.24) is 0 Å². The molecule has 2 aromatic carbocycles. The average molecular weight is 321 g/mol. The summed E-state index contributed by atoms with van der Waals surface area (Å²) in [5.41, 5.74) is 2.30. The first-order chi connectivity index (χ1) is 9.22. The number of hydrogen-bond acceptors (Lipinski definition) is 2. The monoisotopic (exact) mass is 320 g/mol. The molecule has 0 radical (unpaired) electrons. The molecule has 0 heterocycles. The predicted octanol–water partition coefficient (Wildman–Crippen LogP) is 3.78. The van der Waals surface area contributed by atoms with Gasteiger partial charge in [-0.15, -0.1) is 0 Å². The van der Waals surface area contributed by atoms with Gasteiger partial charge >= 0.3 is 0 Å². The minimum atomic E-state index is 0.101. The molecule has 0 spiro atoms. The molecule has 3 heteroatoms. The van der Waals surface area contributed by atoms with Crippen molar-refractivity contribution in [3.63, 3.8) is 0 Å². The number of aliphatic hydroxyl groups excluding tert-OH is 1. The molecule has 0 aliphatic rings. The molecule has 0 fully saturated rings. The zero-order chi connectivity index (χ0) is 13.7. The van der Waals surface area contributed by atoms with E-state index in [1.165, 1.54) is 5.56 Å². The number of rotatable bonds is 5. The van der Waals surface area contributed by atoms with Crippen LogP contribution in [0.2, 0.25) is 0 Å². The number of ether oxygens (including phenoxy) is 1. The molecule has 2 aromatic rings. The average Bonchev–Trinajstić information content (AvgIpc) is 2.45. The first-order valence-corrected chi connectivity index (χ1v) is 7.01. The third-order valence-electron chi connectivity index (χ3n) is 3.16. The summed E-state index contributed by atoms with van der Waals surface area (Å²) >= 11 is 3.47. The Kier molecular flexibility index (Phi) is 5.00. The summed E-state index contributed by atoms with van der Waals surface area (Å²) in [6.45, 7) is 0.133. The largest absolute Gasteiger partial charge is 0.497 e. The summed E-state index contributed by atoms with van der Waals surface area (Å²) in [7, 11) is 1.66. The lowest BCUT2D eigenvalue weighted by Crippen LogP contribution is -2.07. The molecular formula is C16H17BrO2. The van der Waals surface area contributed by atoms with Crippen LogP contribution < -0.4 is 4.74 Å². The standard InChI is InChI=1S/C16H17BrO2/c1-19-16-7-2-4-12(9-16)8-14(11-18)13-5-3-6-15(17)10-13/h2-7,9-10,14,18H,8,11H2,1H3. The van der Waals surface area contributed by atoms with Crippen LogP contribution >= 0.6 is 15.9 Å². The van der Waals surface area contributed by atoms with Crippen molar-refractivity contribution in [3.05, 3.63) is 64.1 Å². The molecule has 100 valence electrons. The topological polar surface area (TPSA) is 29.5 Å². The summed E-state index contributed by atoms with van der Waals surface area (Å²) in [6, 6.07) is 16.1. The van der Waals surface area contributed by atoms with Gasteiger partial charge in [0.05, 0.1) is 13.7 Å². The highest BCUT2D eigenvalue weighted by Crippen LogP contribution is 2.24. The van der Waals surface area contributed by atoms with E-state index < -0.39 is 0 Å². The number of methoxy groups -OCH3 is 1. The van der Waals surface area contributed by atoms with E-state index in [-0.39, 0.29) is 12.5 Å². The van der Waals surface area contributed by atoms with Crippen LogP contribution in [0.5, 0.6) is 5.75 Å². The second-order valence-electron chi connectivity index (χ2n) is 4.49. The molecule has 19 heavy (non-hydrogen) atoms. The van der Waals surface area contributed by atoms with Crippen molar-refractivity contribution in [1.29, 1.82) is 0 Å². The Balaban J connectivity index is 2.18. The van der Waals surface area contributed by atoms with E-state index in [9.17, 15) is 5.11 Å². The summed E-state index contributed by atoms with van der Waals surface area (Å²) in [5, 5.41) is 9.61. The third-order valence-corrected chi connectivity index (χ3v) is 3.65. The smallest absolute Gasteiger partial charge is 0.119 e. The minimum Gasteiger partial charge on any atom is -0.497 e. The molecule has 0 saturated heterocycles. The van der Waals surface area contributed by atoms with Gasteiger partial charge in [0, 0.05) is 10.4 Å². The van der Waals surface area contributed by atoms with Crippen LogP contribution in [0.1, 0.15) is 17.0 Å². The zero-order valence-electron chi connectivity index (χ0n) is 10.8. The van der Waals surface area contributed by atoms with Crippen LogP contribution in [-0.2, 0) is 6.42 Å². The quantitative estimate of drug-likeness (QED) is 0.908. The van der Waals surface area contributed by atoms with E-state index in [4.69, 9.17) is 4.74 Å². The zero-order valence-corrected chi connectivity index (χ0v) is 12.4. The Morgan fingerprint density at radius 1 is 1.16 bits per heavy atom. The lowest BCUT2D eigenvalue weighted by molar-refractivity contribution is 0.264. The van der Waals surface area contributed by atoms with Crippen molar-refractivity contribution in [3.8, 4) is 5.75 Å². The molecule has 0 aliphatic heterocycles. The molecule has 0 aromatic heterocycles. The summed E-state index contributed by atoms with van der Waals surface area (Å²) < 4.78 is 6.26. The molecule has 2 rings (SSSR count). The van der Waals surface area contributed by atoms with Gasteiger partial charge in [-0.05, 0) is 41.8 Å². The van der Waals surface area contributed by atoms with Gasteiger partial charge in [-0.3, -0.25) is 0 Å². The lowest BCUT2D eigenvalue weighted by Gasteiger charge is -2.15. The van der Waals surface area contributed by atoms with Crippen LogP contribution in [0.25, 0.3) is 0 Å². The molecule has 0 bridgehead atoms. The summed E-state index contributed by atoms with van der Waals surface area (Å²) in [5.74, 6) is 0.952. The van der Waals surface area contributed by atoms with E-state index in [0.717, 1.165) is 22.2 Å². The van der Waals surface area contributed by atoms with E-state index in [2.05, 4.69) is 28.1 Å². The van der Waals surface area contributed by atoms with Gasteiger partial charge in [-0.2, -0.15) is 0 Å². The molecule has 0 aliphatic carbocycles. The van der Waals surface area contributed by atoms with Gasteiger partial charge in [0.25, 0.3) is 0 Å². The van der Waals surface area contributed by atoms with Gasteiger partial charge in [-0.25, -0.2) is 0 Å².